The second-order valence-electron chi connectivity index (χ2n) is 9.04. The van der Waals surface area contributed by atoms with Gasteiger partial charge in [0.15, 0.2) is 5.82 Å². The Balaban J connectivity index is 1.38. The van der Waals surface area contributed by atoms with E-state index in [0.29, 0.717) is 48.9 Å². The van der Waals surface area contributed by atoms with E-state index in [1.807, 2.05) is 24.3 Å². The SMILES string of the molecule is O=C1CCCN1c1nccnc1C(I)c1ccc(F)c(-c2ncnc3cc(N4CCOCC4)ccc23)c1. The number of ether oxygens (including phenoxy) is 1. The number of fused-ring (bicyclic) bond motifs is 1. The van der Waals surface area contributed by atoms with Crippen LogP contribution in [0.5, 0.6) is 0 Å². The fraction of sp³-hybridized carbons (Fsp3) is 0.296. The summed E-state index contributed by atoms with van der Waals surface area (Å²) in [5.74, 6) is 0.256. The van der Waals surface area contributed by atoms with Crippen LogP contribution in [0.1, 0.15) is 28.0 Å². The zero-order valence-electron chi connectivity index (χ0n) is 20.0. The average Bonchev–Trinajstić information content (AvgIpc) is 3.38. The number of rotatable bonds is 5. The van der Waals surface area contributed by atoms with E-state index in [-0.39, 0.29) is 15.6 Å². The van der Waals surface area contributed by atoms with Crippen LogP contribution in [0.2, 0.25) is 0 Å². The van der Waals surface area contributed by atoms with Gasteiger partial charge in [0, 0.05) is 55.1 Å². The van der Waals surface area contributed by atoms with Gasteiger partial charge in [-0.15, -0.1) is 0 Å². The maximum absolute atomic E-state index is 15.2. The van der Waals surface area contributed by atoms with Gasteiger partial charge in [-0.05, 0) is 42.3 Å². The minimum Gasteiger partial charge on any atom is -0.378 e. The highest BCUT2D eigenvalue weighted by atomic mass is 127. The van der Waals surface area contributed by atoms with E-state index >= 15 is 4.39 Å². The predicted molar refractivity (Wildman–Crippen MR) is 147 cm³/mol. The molecule has 37 heavy (non-hydrogen) atoms. The lowest BCUT2D eigenvalue weighted by molar-refractivity contribution is -0.117. The number of amides is 1. The molecule has 1 amide bonds. The minimum atomic E-state index is -0.362. The number of nitrogens with zero attached hydrogens (tertiary/aromatic N) is 6. The van der Waals surface area contributed by atoms with E-state index in [1.54, 1.807) is 23.4 Å². The van der Waals surface area contributed by atoms with Gasteiger partial charge in [-0.3, -0.25) is 14.7 Å². The molecule has 2 saturated heterocycles. The fourth-order valence-electron chi connectivity index (χ4n) is 4.92. The largest absolute Gasteiger partial charge is 0.378 e. The topological polar surface area (TPSA) is 84.3 Å². The van der Waals surface area contributed by atoms with Gasteiger partial charge in [0.25, 0.3) is 0 Å². The molecule has 2 aliphatic heterocycles. The molecule has 2 fully saturated rings. The number of carbonyl (C=O) groups is 1. The Bertz CT molecular complexity index is 1480. The summed E-state index contributed by atoms with van der Waals surface area (Å²) in [6.07, 6.45) is 6.02. The van der Waals surface area contributed by atoms with Crippen molar-refractivity contribution in [3.8, 4) is 11.3 Å². The zero-order valence-corrected chi connectivity index (χ0v) is 22.1. The Morgan fingerprint density at radius 2 is 1.81 bits per heavy atom. The number of hydrogen-bond donors (Lipinski definition) is 0. The molecular formula is C27H24FIN6O2. The predicted octanol–water partition coefficient (Wildman–Crippen LogP) is 4.71. The Labute approximate surface area is 227 Å². The summed E-state index contributed by atoms with van der Waals surface area (Å²) in [5.41, 5.74) is 4.28. The highest BCUT2D eigenvalue weighted by molar-refractivity contribution is 14.1. The minimum absolute atomic E-state index is 0.0500. The molecule has 10 heteroatoms. The van der Waals surface area contributed by atoms with E-state index in [1.165, 1.54) is 12.4 Å². The maximum Gasteiger partial charge on any atom is 0.228 e. The zero-order chi connectivity index (χ0) is 25.4. The standard InChI is InChI=1S/C27H24FIN6O2/c28-21-6-3-17(24(29)26-27(31-8-7-30-26)35-9-1-2-23(35)36)14-20(21)25-19-5-4-18(15-22(19)32-16-33-25)34-10-12-37-13-11-34/h3-8,14-16,24H,1-2,9-13H2. The first-order valence-corrected chi connectivity index (χ1v) is 13.5. The lowest BCUT2D eigenvalue weighted by Crippen LogP contribution is -2.36. The van der Waals surface area contributed by atoms with Gasteiger partial charge in [0.1, 0.15) is 17.8 Å². The van der Waals surface area contributed by atoms with Crippen LogP contribution in [0.4, 0.5) is 15.9 Å². The van der Waals surface area contributed by atoms with Crippen molar-refractivity contribution in [3.05, 3.63) is 72.2 Å². The molecule has 1 atom stereocenters. The molecule has 0 spiro atoms. The van der Waals surface area contributed by atoms with Crippen molar-refractivity contribution < 1.29 is 13.9 Å². The maximum atomic E-state index is 15.2. The molecule has 1 unspecified atom stereocenters. The van der Waals surface area contributed by atoms with Gasteiger partial charge in [-0.1, -0.05) is 28.7 Å². The van der Waals surface area contributed by atoms with Crippen LogP contribution >= 0.6 is 22.6 Å². The number of halogens is 2. The van der Waals surface area contributed by atoms with Crippen molar-refractivity contribution >= 4 is 50.9 Å². The van der Waals surface area contributed by atoms with Crippen molar-refractivity contribution in [1.82, 2.24) is 19.9 Å². The lowest BCUT2D eigenvalue weighted by Gasteiger charge is -2.29. The van der Waals surface area contributed by atoms with Crippen molar-refractivity contribution in [3.63, 3.8) is 0 Å². The molecule has 2 aromatic carbocycles. The summed E-state index contributed by atoms with van der Waals surface area (Å²) < 4.78 is 20.5. The molecule has 2 aliphatic rings. The van der Waals surface area contributed by atoms with Crippen molar-refractivity contribution in [2.75, 3.05) is 42.6 Å². The highest BCUT2D eigenvalue weighted by Gasteiger charge is 2.29. The molecule has 188 valence electrons. The molecule has 0 bridgehead atoms. The molecule has 0 saturated carbocycles. The Kier molecular flexibility index (Phi) is 6.68. The number of alkyl halides is 1. The van der Waals surface area contributed by atoms with E-state index in [4.69, 9.17) is 4.74 Å². The van der Waals surface area contributed by atoms with Gasteiger partial charge in [0.05, 0.1) is 28.3 Å². The number of morpholine rings is 1. The summed E-state index contributed by atoms with van der Waals surface area (Å²) in [6.45, 7) is 3.67. The van der Waals surface area contributed by atoms with Gasteiger partial charge >= 0.3 is 0 Å². The molecule has 0 aliphatic carbocycles. The van der Waals surface area contributed by atoms with Crippen LogP contribution in [0, 0.1) is 5.82 Å². The molecular weight excluding hydrogens is 586 g/mol. The summed E-state index contributed by atoms with van der Waals surface area (Å²) >= 11 is 2.28. The van der Waals surface area contributed by atoms with Crippen LogP contribution in [-0.2, 0) is 9.53 Å². The van der Waals surface area contributed by atoms with Gasteiger partial charge in [0.2, 0.25) is 5.91 Å². The Morgan fingerprint density at radius 1 is 0.973 bits per heavy atom. The van der Waals surface area contributed by atoms with Crippen LogP contribution in [0.25, 0.3) is 22.2 Å². The van der Waals surface area contributed by atoms with Crippen LogP contribution in [0.3, 0.4) is 0 Å². The second kappa shape index (κ2) is 10.3. The summed E-state index contributed by atoms with van der Waals surface area (Å²) in [4.78, 5) is 34.3. The molecule has 8 nitrogen and oxygen atoms in total. The number of hydrogen-bond acceptors (Lipinski definition) is 7. The average molecular weight is 610 g/mol. The third-order valence-corrected chi connectivity index (χ3v) is 8.12. The molecule has 4 heterocycles. The van der Waals surface area contributed by atoms with E-state index in [2.05, 4.69) is 47.4 Å². The number of carbonyl (C=O) groups excluding carboxylic acids is 1. The Morgan fingerprint density at radius 3 is 2.62 bits per heavy atom. The number of anilines is 2. The highest BCUT2D eigenvalue weighted by Crippen LogP contribution is 2.39. The number of aromatic nitrogens is 4. The first-order chi connectivity index (χ1) is 18.1. The fourth-order valence-corrected chi connectivity index (χ4v) is 5.75. The third-order valence-electron chi connectivity index (χ3n) is 6.81. The normalized spacial score (nSPS) is 17.0. The van der Waals surface area contributed by atoms with Crippen molar-refractivity contribution in [2.45, 2.75) is 16.8 Å². The Hall–Kier alpha value is -3.25. The molecule has 2 aromatic heterocycles. The summed E-state index contributed by atoms with van der Waals surface area (Å²) in [7, 11) is 0. The summed E-state index contributed by atoms with van der Waals surface area (Å²) in [6, 6.07) is 11.0. The third kappa shape index (κ3) is 4.63. The van der Waals surface area contributed by atoms with E-state index < -0.39 is 0 Å². The van der Waals surface area contributed by atoms with E-state index in [0.717, 1.165) is 41.7 Å². The van der Waals surface area contributed by atoms with Crippen molar-refractivity contribution in [2.24, 2.45) is 0 Å². The van der Waals surface area contributed by atoms with Gasteiger partial charge in [-0.25, -0.2) is 19.3 Å². The quantitative estimate of drug-likeness (QED) is 0.239. The number of benzene rings is 2. The van der Waals surface area contributed by atoms with Gasteiger partial charge in [-0.2, -0.15) is 0 Å². The van der Waals surface area contributed by atoms with E-state index in [9.17, 15) is 4.79 Å². The molecule has 0 radical (unpaired) electrons. The van der Waals surface area contributed by atoms with Gasteiger partial charge < -0.3 is 9.64 Å². The molecule has 6 rings (SSSR count). The first kappa shape index (κ1) is 24.1. The molecule has 0 N–H and O–H groups in total. The lowest BCUT2D eigenvalue weighted by atomic mass is 10.0. The van der Waals surface area contributed by atoms with Crippen LogP contribution in [-0.4, -0.2) is 58.7 Å². The first-order valence-electron chi connectivity index (χ1n) is 12.2. The smallest absolute Gasteiger partial charge is 0.228 e. The monoisotopic (exact) mass is 610 g/mol. The van der Waals surface area contributed by atoms with Crippen molar-refractivity contribution in [1.29, 1.82) is 0 Å². The summed E-state index contributed by atoms with van der Waals surface area (Å²) in [5, 5.41) is 0.781. The van der Waals surface area contributed by atoms with Crippen LogP contribution < -0.4 is 9.80 Å². The van der Waals surface area contributed by atoms with Crippen LogP contribution in [0.15, 0.2) is 55.1 Å². The second-order valence-corrected chi connectivity index (χ2v) is 10.3. The molecule has 4 aromatic rings.